The zero-order chi connectivity index (χ0) is 25.4. The molecule has 1 spiro atoms. The number of aromatic nitrogens is 3. The van der Waals surface area contributed by atoms with Crippen LogP contribution >= 0.6 is 11.3 Å². The molecule has 4 heterocycles. The van der Waals surface area contributed by atoms with Crippen molar-refractivity contribution in [3.8, 4) is 11.3 Å². The maximum absolute atomic E-state index is 13.7. The number of hydrogen-bond acceptors (Lipinski definition) is 6. The highest BCUT2D eigenvalue weighted by molar-refractivity contribution is 7.21. The lowest BCUT2D eigenvalue weighted by atomic mass is 9.58. The van der Waals surface area contributed by atoms with Crippen molar-refractivity contribution in [2.24, 2.45) is 11.3 Å². The van der Waals surface area contributed by atoms with Crippen LogP contribution in [-0.2, 0) is 6.18 Å². The largest absolute Gasteiger partial charge is 0.417 e. The Morgan fingerprint density at radius 1 is 1.14 bits per heavy atom. The highest BCUT2D eigenvalue weighted by Gasteiger charge is 2.52. The predicted molar refractivity (Wildman–Crippen MR) is 137 cm³/mol. The van der Waals surface area contributed by atoms with E-state index in [0.29, 0.717) is 22.7 Å². The van der Waals surface area contributed by atoms with Gasteiger partial charge in [0.1, 0.15) is 21.8 Å². The SMILES string of the molecule is Cc1ccnc2sc(N3CC4(CC(/C=C/c5c(-c6ccccc6C(F)(F)F)noc5C5CC5)C4)C3)nc12. The average molecular weight is 523 g/mol. The van der Waals surface area contributed by atoms with E-state index in [1.165, 1.54) is 12.1 Å². The first-order valence-corrected chi connectivity index (χ1v) is 13.4. The molecule has 7 rings (SSSR count). The molecule has 0 bridgehead atoms. The molecular formula is C28H25F3N4OS. The number of pyridine rings is 1. The Bertz CT molecular complexity index is 1520. The van der Waals surface area contributed by atoms with Crippen molar-refractivity contribution in [1.82, 2.24) is 15.1 Å². The van der Waals surface area contributed by atoms with Crippen molar-refractivity contribution in [3.63, 3.8) is 0 Å². The normalized spacial score (nSPS) is 19.6. The molecule has 2 aliphatic carbocycles. The number of thiazole rings is 1. The summed E-state index contributed by atoms with van der Waals surface area (Å²) in [5.41, 5.74) is 2.81. The van der Waals surface area contributed by atoms with Gasteiger partial charge in [0, 0.05) is 41.7 Å². The van der Waals surface area contributed by atoms with E-state index in [4.69, 9.17) is 9.51 Å². The Morgan fingerprint density at radius 2 is 1.92 bits per heavy atom. The number of benzene rings is 1. The van der Waals surface area contributed by atoms with Gasteiger partial charge < -0.3 is 9.42 Å². The van der Waals surface area contributed by atoms with Gasteiger partial charge in [-0.25, -0.2) is 9.97 Å². The van der Waals surface area contributed by atoms with E-state index in [1.807, 2.05) is 18.3 Å². The van der Waals surface area contributed by atoms with Crippen molar-refractivity contribution in [1.29, 1.82) is 0 Å². The second kappa shape index (κ2) is 8.15. The molecule has 9 heteroatoms. The molecule has 3 aromatic heterocycles. The third-order valence-corrected chi connectivity index (χ3v) is 8.95. The van der Waals surface area contributed by atoms with E-state index in [0.717, 1.165) is 65.9 Å². The first kappa shape index (κ1) is 23.0. The van der Waals surface area contributed by atoms with Crippen LogP contribution < -0.4 is 4.90 Å². The van der Waals surface area contributed by atoms with Gasteiger partial charge in [0.25, 0.3) is 0 Å². The van der Waals surface area contributed by atoms with Gasteiger partial charge in [-0.3, -0.25) is 0 Å². The molecule has 0 atom stereocenters. The molecule has 5 nitrogen and oxygen atoms in total. The molecule has 0 amide bonds. The van der Waals surface area contributed by atoms with Crippen molar-refractivity contribution < 1.29 is 17.7 Å². The van der Waals surface area contributed by atoms with E-state index in [-0.39, 0.29) is 17.2 Å². The number of fused-ring (bicyclic) bond motifs is 1. The van der Waals surface area contributed by atoms with Gasteiger partial charge >= 0.3 is 6.18 Å². The van der Waals surface area contributed by atoms with Gasteiger partial charge in [-0.05, 0) is 56.2 Å². The number of hydrogen-bond donors (Lipinski definition) is 0. The minimum absolute atomic E-state index is 0.0746. The van der Waals surface area contributed by atoms with Gasteiger partial charge in [0.2, 0.25) is 0 Å². The maximum atomic E-state index is 13.7. The van der Waals surface area contributed by atoms with Gasteiger partial charge in [0.05, 0.1) is 5.56 Å². The highest BCUT2D eigenvalue weighted by atomic mass is 32.1. The molecule has 190 valence electrons. The summed E-state index contributed by atoms with van der Waals surface area (Å²) in [7, 11) is 0. The molecule has 0 N–H and O–H groups in total. The van der Waals surface area contributed by atoms with Crippen LogP contribution in [0.2, 0.25) is 0 Å². The second-order valence-electron chi connectivity index (χ2n) is 10.8. The minimum Gasteiger partial charge on any atom is -0.360 e. The molecule has 2 saturated carbocycles. The van der Waals surface area contributed by atoms with Crippen LogP contribution in [0.15, 0.2) is 47.1 Å². The number of anilines is 1. The molecule has 0 unspecified atom stereocenters. The summed E-state index contributed by atoms with van der Waals surface area (Å²) in [6.07, 6.45) is 5.60. The number of nitrogens with zero attached hydrogens (tertiary/aromatic N) is 4. The van der Waals surface area contributed by atoms with E-state index in [1.54, 1.807) is 17.4 Å². The molecule has 3 fully saturated rings. The maximum Gasteiger partial charge on any atom is 0.417 e. The lowest BCUT2D eigenvalue weighted by Gasteiger charge is -2.58. The zero-order valence-corrected chi connectivity index (χ0v) is 21.1. The average Bonchev–Trinajstić information content (AvgIpc) is 3.42. The molecule has 1 aromatic carbocycles. The number of rotatable bonds is 5. The Morgan fingerprint density at radius 3 is 2.65 bits per heavy atom. The second-order valence-corrected chi connectivity index (χ2v) is 11.7. The fraction of sp³-hybridized carbons (Fsp3) is 0.393. The van der Waals surface area contributed by atoms with Crippen LogP contribution in [0.5, 0.6) is 0 Å². The molecular weight excluding hydrogens is 497 g/mol. The van der Waals surface area contributed by atoms with Crippen molar-refractivity contribution in [3.05, 3.63) is 65.1 Å². The summed E-state index contributed by atoms with van der Waals surface area (Å²) in [6.45, 7) is 4.04. The Kier molecular flexibility index (Phi) is 5.06. The summed E-state index contributed by atoms with van der Waals surface area (Å²) in [6, 6.07) is 7.60. The number of aryl methyl sites for hydroxylation is 1. The smallest absolute Gasteiger partial charge is 0.360 e. The molecule has 37 heavy (non-hydrogen) atoms. The Labute approximate surface area is 216 Å². The molecule has 4 aromatic rings. The van der Waals surface area contributed by atoms with Gasteiger partial charge in [-0.1, -0.05) is 46.8 Å². The van der Waals surface area contributed by atoms with Crippen molar-refractivity contribution in [2.45, 2.75) is 44.7 Å². The minimum atomic E-state index is -4.45. The van der Waals surface area contributed by atoms with Crippen LogP contribution in [-0.4, -0.2) is 28.2 Å². The van der Waals surface area contributed by atoms with E-state index in [2.05, 4.69) is 28.0 Å². The number of halogens is 3. The third-order valence-electron chi connectivity index (χ3n) is 7.93. The Balaban J connectivity index is 1.07. The first-order chi connectivity index (χ1) is 17.8. The van der Waals surface area contributed by atoms with Gasteiger partial charge in [-0.15, -0.1) is 0 Å². The monoisotopic (exact) mass is 522 g/mol. The fourth-order valence-corrected chi connectivity index (χ4v) is 6.88. The third kappa shape index (κ3) is 3.95. The summed E-state index contributed by atoms with van der Waals surface area (Å²) in [5, 5.41) is 5.16. The Hall–Kier alpha value is -3.20. The van der Waals surface area contributed by atoms with Crippen LogP contribution in [0, 0.1) is 18.3 Å². The van der Waals surface area contributed by atoms with Crippen LogP contribution in [0.3, 0.4) is 0 Å². The molecule has 1 saturated heterocycles. The molecule has 1 aliphatic heterocycles. The van der Waals surface area contributed by atoms with Crippen molar-refractivity contribution >= 4 is 32.9 Å². The zero-order valence-electron chi connectivity index (χ0n) is 20.3. The fourth-order valence-electron chi connectivity index (χ4n) is 5.90. The molecule has 3 aliphatic rings. The van der Waals surface area contributed by atoms with Gasteiger partial charge in [-0.2, -0.15) is 13.2 Å². The highest BCUT2D eigenvalue weighted by Crippen LogP contribution is 2.54. The van der Waals surface area contributed by atoms with Crippen LogP contribution in [0.1, 0.15) is 54.1 Å². The standard InChI is InChI=1S/C28H25F3N4OS/c1-16-10-11-32-25-22(16)33-26(37-25)35-14-27(15-35)12-17(13-27)6-9-20-23(34-36-24(20)18-7-8-18)19-4-2-3-5-21(19)28(29,30)31/h2-6,9-11,17-18H,7-8,12-15H2,1H3/b9-6+. The summed E-state index contributed by atoms with van der Waals surface area (Å²) in [4.78, 5) is 12.6. The van der Waals surface area contributed by atoms with E-state index in [9.17, 15) is 13.2 Å². The van der Waals surface area contributed by atoms with E-state index < -0.39 is 11.7 Å². The summed E-state index contributed by atoms with van der Waals surface area (Å²) < 4.78 is 46.7. The van der Waals surface area contributed by atoms with Crippen LogP contribution in [0.25, 0.3) is 27.7 Å². The summed E-state index contributed by atoms with van der Waals surface area (Å²) in [5.74, 6) is 1.36. The number of allylic oxidation sites excluding steroid dienone is 1. The quantitative estimate of drug-likeness (QED) is 0.272. The lowest BCUT2D eigenvalue weighted by Crippen LogP contribution is -2.62. The van der Waals surface area contributed by atoms with Gasteiger partial charge in [0.15, 0.2) is 5.13 Å². The first-order valence-electron chi connectivity index (χ1n) is 12.6. The van der Waals surface area contributed by atoms with Crippen LogP contribution in [0.4, 0.5) is 18.3 Å². The predicted octanol–water partition coefficient (Wildman–Crippen LogP) is 7.48. The van der Waals surface area contributed by atoms with E-state index >= 15 is 0 Å². The number of alkyl halides is 3. The molecule has 0 radical (unpaired) electrons. The van der Waals surface area contributed by atoms with Crippen molar-refractivity contribution in [2.75, 3.05) is 18.0 Å². The topological polar surface area (TPSA) is 55.1 Å². The lowest BCUT2D eigenvalue weighted by molar-refractivity contribution is -0.137. The summed E-state index contributed by atoms with van der Waals surface area (Å²) >= 11 is 1.64.